The number of ether oxygens (including phenoxy) is 1. The van der Waals surface area contributed by atoms with Crippen LogP contribution in [0.1, 0.15) is 15.9 Å². The molecule has 0 atom stereocenters. The molecule has 0 aliphatic rings. The largest absolute Gasteiger partial charge is 0.465 e. The van der Waals surface area contributed by atoms with Gasteiger partial charge in [-0.25, -0.2) is 4.79 Å². The maximum absolute atomic E-state index is 11.6. The first-order valence-corrected chi connectivity index (χ1v) is 15.2. The number of esters is 1. The van der Waals surface area contributed by atoms with Crippen molar-refractivity contribution in [2.45, 2.75) is 26.2 Å². The maximum atomic E-state index is 11.6. The summed E-state index contributed by atoms with van der Waals surface area (Å²) in [5.41, 5.74) is 1.71. The van der Waals surface area contributed by atoms with Crippen LogP contribution in [0.5, 0.6) is 0 Å². The second kappa shape index (κ2) is 6.91. The average molecular weight is 355 g/mol. The summed E-state index contributed by atoms with van der Waals surface area (Å²) in [7, 11) is -1.99. The lowest BCUT2D eigenvalue weighted by molar-refractivity contribution is 0.0600. The quantitative estimate of drug-likeness (QED) is 0.586. The fourth-order valence-corrected chi connectivity index (χ4v) is 11.6. The minimum Gasteiger partial charge on any atom is -0.465 e. The second-order valence-corrected chi connectivity index (χ2v) is 22.3. The van der Waals surface area contributed by atoms with Crippen molar-refractivity contribution >= 4 is 31.5 Å². The molecule has 0 aromatic heterocycles. The van der Waals surface area contributed by atoms with E-state index in [-0.39, 0.29) is 5.97 Å². The van der Waals surface area contributed by atoms with E-state index in [1.165, 1.54) is 17.5 Å². The molecule has 0 unspecified atom stereocenters. The number of carbonyl (C=O) groups is 1. The number of rotatable bonds is 5. The molecule has 2 nitrogen and oxygen atoms in total. The van der Waals surface area contributed by atoms with Gasteiger partial charge >= 0.3 is 5.97 Å². The predicted molar refractivity (Wildman–Crippen MR) is 108 cm³/mol. The van der Waals surface area contributed by atoms with Crippen molar-refractivity contribution in [1.82, 2.24) is 0 Å². The van der Waals surface area contributed by atoms with Gasteiger partial charge in [-0.1, -0.05) is 85.6 Å². The van der Waals surface area contributed by atoms with E-state index in [0.29, 0.717) is 5.56 Å². The number of hydrogen-bond donors (Lipinski definition) is 0. The summed E-state index contributed by atoms with van der Waals surface area (Å²) in [6, 6.07) is 18.5. The van der Waals surface area contributed by atoms with E-state index in [0.717, 1.165) is 5.56 Å². The molecule has 0 fully saturated rings. The number of methoxy groups -OCH3 is 1. The average Bonchev–Trinajstić information content (AvgIpc) is 2.61. The summed E-state index contributed by atoms with van der Waals surface area (Å²) in [4.78, 5) is 11.6. The molecular weight excluding hydrogens is 328 g/mol. The van der Waals surface area contributed by atoms with Gasteiger partial charge in [0.15, 0.2) is 0 Å². The molecule has 4 heteroatoms. The molecule has 24 heavy (non-hydrogen) atoms. The molecule has 0 aliphatic carbocycles. The van der Waals surface area contributed by atoms with Gasteiger partial charge in [-0.05, 0) is 17.7 Å². The van der Waals surface area contributed by atoms with Crippen LogP contribution in [0.15, 0.2) is 61.2 Å². The van der Waals surface area contributed by atoms with Crippen LogP contribution < -0.4 is 5.19 Å². The first kappa shape index (κ1) is 18.4. The van der Waals surface area contributed by atoms with Gasteiger partial charge in [0.1, 0.15) is 0 Å². The van der Waals surface area contributed by atoms with E-state index in [4.69, 9.17) is 4.74 Å². The Bertz CT molecular complexity index is 732. The molecule has 0 saturated heterocycles. The highest BCUT2D eigenvalue weighted by atomic mass is 29.3. The first-order chi connectivity index (χ1) is 11.2. The van der Waals surface area contributed by atoms with E-state index in [1.54, 1.807) is 0 Å². The van der Waals surface area contributed by atoms with Gasteiger partial charge in [0.05, 0.1) is 27.9 Å². The molecule has 0 aliphatic heterocycles. The van der Waals surface area contributed by atoms with E-state index in [2.05, 4.69) is 63.1 Å². The van der Waals surface area contributed by atoms with Crippen LogP contribution in [0.3, 0.4) is 0 Å². The molecule has 0 radical (unpaired) electrons. The van der Waals surface area contributed by atoms with Gasteiger partial charge in [0.2, 0.25) is 0 Å². The second-order valence-electron chi connectivity index (χ2n) is 7.16. The fraction of sp³-hybridized carbons (Fsp3) is 0.250. The van der Waals surface area contributed by atoms with Crippen molar-refractivity contribution in [3.63, 3.8) is 0 Å². The third-order valence-corrected chi connectivity index (χ3v) is 23.3. The van der Waals surface area contributed by atoms with Gasteiger partial charge in [-0.15, -0.1) is 0 Å². The standard InChI is InChI=1S/C20H26O2Si2/c1-16(17-12-14-18(15-13-17)20(21)22-2)23(3,4)24(5,6)19-10-8-7-9-11-19/h7-15H,1H2,2-6H3. The molecule has 2 rings (SSSR count). The van der Waals surface area contributed by atoms with Crippen molar-refractivity contribution in [3.8, 4) is 0 Å². The zero-order chi connectivity index (χ0) is 18.0. The summed E-state index contributed by atoms with van der Waals surface area (Å²) < 4.78 is 4.77. The van der Waals surface area contributed by atoms with E-state index in [1.807, 2.05) is 24.3 Å². The maximum Gasteiger partial charge on any atom is 0.337 e. The van der Waals surface area contributed by atoms with Gasteiger partial charge in [0.25, 0.3) is 0 Å². The Hall–Kier alpha value is -1.92. The molecule has 0 amide bonds. The number of benzene rings is 2. The molecule has 0 N–H and O–H groups in total. The summed E-state index contributed by atoms with van der Waals surface area (Å²) in [5.74, 6) is -0.303. The van der Waals surface area contributed by atoms with Gasteiger partial charge in [-0.2, -0.15) is 0 Å². The minimum atomic E-state index is -1.74. The molecule has 0 saturated carbocycles. The van der Waals surface area contributed by atoms with Crippen LogP contribution in [0, 0.1) is 0 Å². The Morgan fingerprint density at radius 2 is 1.38 bits per heavy atom. The topological polar surface area (TPSA) is 26.3 Å². The third kappa shape index (κ3) is 3.30. The molecule has 2 aromatic carbocycles. The van der Waals surface area contributed by atoms with Gasteiger partial charge in [0, 0.05) is 0 Å². The van der Waals surface area contributed by atoms with Crippen molar-refractivity contribution in [2.75, 3.05) is 7.11 Å². The zero-order valence-corrected chi connectivity index (χ0v) is 17.2. The summed E-state index contributed by atoms with van der Waals surface area (Å²) in [6.45, 7) is 14.2. The van der Waals surface area contributed by atoms with Crippen LogP contribution in [0.25, 0.3) is 5.20 Å². The normalized spacial score (nSPS) is 11.9. The van der Waals surface area contributed by atoms with Crippen molar-refractivity contribution in [2.24, 2.45) is 0 Å². The third-order valence-electron chi connectivity index (χ3n) is 5.47. The van der Waals surface area contributed by atoms with Crippen molar-refractivity contribution < 1.29 is 9.53 Å². The van der Waals surface area contributed by atoms with Gasteiger partial charge < -0.3 is 4.74 Å². The van der Waals surface area contributed by atoms with Crippen LogP contribution in [0.4, 0.5) is 0 Å². The number of hydrogen-bond acceptors (Lipinski definition) is 2. The minimum absolute atomic E-state index is 0.303. The SMILES string of the molecule is C=C(c1ccc(C(=O)OC)cc1)[Si](C)(C)[Si](C)(C)c1ccccc1. The Labute approximate surface area is 147 Å². The summed E-state index contributed by atoms with van der Waals surface area (Å²) >= 11 is 0. The smallest absolute Gasteiger partial charge is 0.337 e. The predicted octanol–water partition coefficient (Wildman–Crippen LogP) is 4.43. The molecular formula is C20H26O2Si2. The Morgan fingerprint density at radius 1 is 0.875 bits per heavy atom. The lowest BCUT2D eigenvalue weighted by Crippen LogP contribution is -2.63. The summed E-state index contributed by atoms with van der Waals surface area (Å²) in [6.07, 6.45) is 0. The Kier molecular flexibility index (Phi) is 5.30. The summed E-state index contributed by atoms with van der Waals surface area (Å²) in [5, 5.41) is 2.73. The Balaban J connectivity index is 2.35. The van der Waals surface area contributed by atoms with Crippen LogP contribution >= 0.6 is 0 Å². The molecule has 0 bridgehead atoms. The Morgan fingerprint density at radius 3 is 1.88 bits per heavy atom. The van der Waals surface area contributed by atoms with Crippen molar-refractivity contribution in [1.29, 1.82) is 0 Å². The highest BCUT2D eigenvalue weighted by Gasteiger charge is 2.44. The lowest BCUT2D eigenvalue weighted by atomic mass is 10.1. The van der Waals surface area contributed by atoms with Gasteiger partial charge in [-0.3, -0.25) is 0 Å². The van der Waals surface area contributed by atoms with E-state index >= 15 is 0 Å². The molecule has 0 spiro atoms. The fourth-order valence-electron chi connectivity index (χ4n) is 2.88. The van der Waals surface area contributed by atoms with Crippen molar-refractivity contribution in [3.05, 3.63) is 72.3 Å². The van der Waals surface area contributed by atoms with E-state index < -0.39 is 15.2 Å². The van der Waals surface area contributed by atoms with Crippen LogP contribution in [0.2, 0.25) is 26.2 Å². The molecule has 2 aromatic rings. The highest BCUT2D eigenvalue weighted by molar-refractivity contribution is 7.51. The van der Waals surface area contributed by atoms with E-state index in [9.17, 15) is 4.79 Å². The molecule has 126 valence electrons. The monoisotopic (exact) mass is 354 g/mol. The lowest BCUT2D eigenvalue weighted by Gasteiger charge is -2.40. The van der Waals surface area contributed by atoms with Crippen LogP contribution in [-0.2, 0) is 4.74 Å². The molecule has 0 heterocycles. The number of carbonyl (C=O) groups excluding carboxylic acids is 1. The highest BCUT2D eigenvalue weighted by Crippen LogP contribution is 2.32. The van der Waals surface area contributed by atoms with Crippen LogP contribution in [-0.4, -0.2) is 28.3 Å². The zero-order valence-electron chi connectivity index (χ0n) is 15.2. The first-order valence-electron chi connectivity index (χ1n) is 8.15.